The third-order valence-electron chi connectivity index (χ3n) is 3.78. The molecule has 0 aliphatic carbocycles. The fraction of sp³-hybridized carbons (Fsp3) is 0.200. The minimum absolute atomic E-state index is 0.747. The number of benzene rings is 2. The van der Waals surface area contributed by atoms with E-state index >= 15 is 0 Å². The highest BCUT2D eigenvalue weighted by Gasteiger charge is 2.11. The third kappa shape index (κ3) is 3.71. The quantitative estimate of drug-likeness (QED) is 0.719. The molecule has 1 aromatic heterocycles. The van der Waals surface area contributed by atoms with Gasteiger partial charge in [-0.2, -0.15) is 0 Å². The van der Waals surface area contributed by atoms with Crippen molar-refractivity contribution in [2.75, 3.05) is 16.8 Å². The molecule has 3 aromatic rings. The largest absolute Gasteiger partial charge is 0.340 e. The molecule has 2 aromatic carbocycles. The normalized spacial score (nSPS) is 10.5. The molecular weight excluding hydrogens is 296 g/mol. The van der Waals surface area contributed by atoms with Gasteiger partial charge in [0.05, 0.1) is 0 Å². The van der Waals surface area contributed by atoms with Crippen LogP contribution in [0.4, 0.5) is 23.0 Å². The third-order valence-corrected chi connectivity index (χ3v) is 3.78. The maximum atomic E-state index is 4.63. The molecular formula is C20H22N4. The summed E-state index contributed by atoms with van der Waals surface area (Å²) in [6, 6.07) is 20.5. The molecule has 0 spiro atoms. The molecule has 0 saturated carbocycles. The molecule has 0 atom stereocenters. The lowest BCUT2D eigenvalue weighted by molar-refractivity contribution is 0.952. The summed E-state index contributed by atoms with van der Waals surface area (Å²) < 4.78 is 0. The van der Waals surface area contributed by atoms with Gasteiger partial charge in [0, 0.05) is 24.0 Å². The van der Waals surface area contributed by atoms with Crippen LogP contribution >= 0.6 is 0 Å². The Morgan fingerprint density at radius 1 is 0.917 bits per heavy atom. The van der Waals surface area contributed by atoms with Crippen molar-refractivity contribution in [1.82, 2.24) is 9.97 Å². The van der Waals surface area contributed by atoms with Crippen LogP contribution in [0.15, 0.2) is 60.7 Å². The predicted molar refractivity (Wildman–Crippen MR) is 100 cm³/mol. The molecule has 4 nitrogen and oxygen atoms in total. The van der Waals surface area contributed by atoms with Gasteiger partial charge in [0.25, 0.3) is 0 Å². The molecule has 0 aliphatic rings. The molecule has 0 fully saturated rings. The van der Waals surface area contributed by atoms with E-state index in [0.717, 1.165) is 35.4 Å². The molecule has 1 N–H and O–H groups in total. The number of anilines is 4. The molecule has 0 radical (unpaired) electrons. The van der Waals surface area contributed by atoms with Gasteiger partial charge in [0.2, 0.25) is 0 Å². The first-order valence-electron chi connectivity index (χ1n) is 8.17. The number of hydrogen-bond donors (Lipinski definition) is 1. The van der Waals surface area contributed by atoms with E-state index in [-0.39, 0.29) is 0 Å². The van der Waals surface area contributed by atoms with Gasteiger partial charge in [-0.05, 0) is 50.6 Å². The molecule has 0 bridgehead atoms. The maximum Gasteiger partial charge on any atom is 0.138 e. The fourth-order valence-electron chi connectivity index (χ4n) is 2.70. The van der Waals surface area contributed by atoms with Crippen LogP contribution < -0.4 is 10.2 Å². The Hall–Kier alpha value is -2.88. The van der Waals surface area contributed by atoms with Gasteiger partial charge < -0.3 is 10.2 Å². The second kappa shape index (κ2) is 7.13. The Bertz CT molecular complexity index is 815. The smallest absolute Gasteiger partial charge is 0.138 e. The summed E-state index contributed by atoms with van der Waals surface area (Å²) >= 11 is 0. The standard InChI is InChI=1S/C20H22N4/c1-4-24(18-12-8-9-15(2)13-18)20-14-19(21-16(3)22-20)23-17-10-6-5-7-11-17/h5-14H,4H2,1-3H3,(H,21,22,23). The first kappa shape index (κ1) is 16.0. The van der Waals surface area contributed by atoms with Crippen molar-refractivity contribution in [1.29, 1.82) is 0 Å². The average Bonchev–Trinajstić information content (AvgIpc) is 2.56. The molecule has 0 unspecified atom stereocenters. The minimum Gasteiger partial charge on any atom is -0.340 e. The molecule has 0 amide bonds. The van der Waals surface area contributed by atoms with Gasteiger partial charge in [-0.25, -0.2) is 9.97 Å². The Morgan fingerprint density at radius 3 is 2.42 bits per heavy atom. The van der Waals surface area contributed by atoms with Crippen LogP contribution in [0.5, 0.6) is 0 Å². The predicted octanol–water partition coefficient (Wildman–Crippen LogP) is 5.00. The van der Waals surface area contributed by atoms with E-state index in [1.54, 1.807) is 0 Å². The van der Waals surface area contributed by atoms with E-state index in [1.165, 1.54) is 5.56 Å². The van der Waals surface area contributed by atoms with Crippen LogP contribution in [0.1, 0.15) is 18.3 Å². The van der Waals surface area contributed by atoms with Gasteiger partial charge in [-0.3, -0.25) is 0 Å². The molecule has 24 heavy (non-hydrogen) atoms. The highest BCUT2D eigenvalue weighted by molar-refractivity contribution is 5.65. The van der Waals surface area contributed by atoms with Gasteiger partial charge in [0.15, 0.2) is 0 Å². The van der Waals surface area contributed by atoms with Crippen LogP contribution in [-0.4, -0.2) is 16.5 Å². The Morgan fingerprint density at radius 2 is 1.71 bits per heavy atom. The summed E-state index contributed by atoms with van der Waals surface area (Å²) in [5.41, 5.74) is 3.39. The Balaban J connectivity index is 1.95. The number of aromatic nitrogens is 2. The first-order chi connectivity index (χ1) is 11.7. The van der Waals surface area contributed by atoms with Crippen molar-refractivity contribution in [2.24, 2.45) is 0 Å². The van der Waals surface area contributed by atoms with E-state index in [4.69, 9.17) is 0 Å². The summed E-state index contributed by atoms with van der Waals surface area (Å²) in [4.78, 5) is 11.3. The van der Waals surface area contributed by atoms with Gasteiger partial charge >= 0.3 is 0 Å². The number of hydrogen-bond acceptors (Lipinski definition) is 4. The van der Waals surface area contributed by atoms with E-state index < -0.39 is 0 Å². The van der Waals surface area contributed by atoms with Crippen molar-refractivity contribution in [3.8, 4) is 0 Å². The van der Waals surface area contributed by atoms with Gasteiger partial charge in [-0.15, -0.1) is 0 Å². The van der Waals surface area contributed by atoms with Crippen molar-refractivity contribution in [3.63, 3.8) is 0 Å². The van der Waals surface area contributed by atoms with Crippen molar-refractivity contribution < 1.29 is 0 Å². The first-order valence-corrected chi connectivity index (χ1v) is 8.17. The molecule has 1 heterocycles. The highest BCUT2D eigenvalue weighted by atomic mass is 15.2. The highest BCUT2D eigenvalue weighted by Crippen LogP contribution is 2.26. The Kier molecular flexibility index (Phi) is 4.75. The van der Waals surface area contributed by atoms with Crippen molar-refractivity contribution >= 4 is 23.0 Å². The fourth-order valence-corrected chi connectivity index (χ4v) is 2.70. The number of aryl methyl sites for hydroxylation is 2. The van der Waals surface area contributed by atoms with E-state index in [0.29, 0.717) is 0 Å². The number of rotatable bonds is 5. The summed E-state index contributed by atoms with van der Waals surface area (Å²) in [6.07, 6.45) is 0. The van der Waals surface area contributed by atoms with Gasteiger partial charge in [-0.1, -0.05) is 30.3 Å². The molecule has 0 aliphatic heterocycles. The monoisotopic (exact) mass is 318 g/mol. The molecule has 122 valence electrons. The van der Waals surface area contributed by atoms with Crippen LogP contribution in [0.2, 0.25) is 0 Å². The van der Waals surface area contributed by atoms with E-state index in [9.17, 15) is 0 Å². The van der Waals surface area contributed by atoms with Crippen LogP contribution in [-0.2, 0) is 0 Å². The number of para-hydroxylation sites is 1. The minimum atomic E-state index is 0.747. The second-order valence-electron chi connectivity index (χ2n) is 5.73. The summed E-state index contributed by atoms with van der Waals surface area (Å²) in [6.45, 7) is 6.99. The van der Waals surface area contributed by atoms with E-state index in [2.05, 4.69) is 58.3 Å². The van der Waals surface area contributed by atoms with Gasteiger partial charge in [0.1, 0.15) is 17.5 Å². The zero-order chi connectivity index (χ0) is 16.9. The lowest BCUT2D eigenvalue weighted by atomic mass is 10.2. The van der Waals surface area contributed by atoms with Crippen molar-refractivity contribution in [2.45, 2.75) is 20.8 Å². The number of nitrogens with zero attached hydrogens (tertiary/aromatic N) is 3. The average molecular weight is 318 g/mol. The lowest BCUT2D eigenvalue weighted by Gasteiger charge is -2.23. The second-order valence-corrected chi connectivity index (χ2v) is 5.73. The zero-order valence-electron chi connectivity index (χ0n) is 14.3. The topological polar surface area (TPSA) is 41.0 Å². The molecule has 3 rings (SSSR count). The van der Waals surface area contributed by atoms with E-state index in [1.807, 2.05) is 43.3 Å². The van der Waals surface area contributed by atoms with Crippen LogP contribution in [0, 0.1) is 13.8 Å². The Labute approximate surface area is 143 Å². The van der Waals surface area contributed by atoms with Crippen LogP contribution in [0.25, 0.3) is 0 Å². The van der Waals surface area contributed by atoms with Crippen molar-refractivity contribution in [3.05, 3.63) is 72.1 Å². The molecule has 4 heteroatoms. The molecule has 0 saturated heterocycles. The summed E-state index contributed by atoms with van der Waals surface area (Å²) in [5.74, 6) is 2.45. The summed E-state index contributed by atoms with van der Waals surface area (Å²) in [5, 5.41) is 3.35. The lowest BCUT2D eigenvalue weighted by Crippen LogP contribution is -2.18. The number of nitrogens with one attached hydrogen (secondary N) is 1. The van der Waals surface area contributed by atoms with Crippen LogP contribution in [0.3, 0.4) is 0 Å². The summed E-state index contributed by atoms with van der Waals surface area (Å²) in [7, 11) is 0. The SMILES string of the molecule is CCN(c1cccc(C)c1)c1cc(Nc2ccccc2)nc(C)n1. The zero-order valence-corrected chi connectivity index (χ0v) is 14.3. The maximum absolute atomic E-state index is 4.63.